The van der Waals surface area contributed by atoms with Crippen molar-refractivity contribution in [1.82, 2.24) is 5.32 Å². The average Bonchev–Trinajstić information content (AvgIpc) is 2.26. The van der Waals surface area contributed by atoms with Crippen LogP contribution in [0.2, 0.25) is 0 Å². The molecular weight excluding hydrogens is 240 g/mol. The molecule has 0 aliphatic carbocycles. The van der Waals surface area contributed by atoms with E-state index >= 15 is 0 Å². The third-order valence-electron chi connectivity index (χ3n) is 2.00. The monoisotopic (exact) mass is 262 g/mol. The van der Waals surface area contributed by atoms with Gasteiger partial charge in [-0.05, 0) is 26.0 Å². The molecule has 0 rings (SSSR count). The van der Waals surface area contributed by atoms with Crippen molar-refractivity contribution in [3.8, 4) is 0 Å². The van der Waals surface area contributed by atoms with Gasteiger partial charge in [0.1, 0.15) is 6.04 Å². The van der Waals surface area contributed by atoms with Gasteiger partial charge in [0.25, 0.3) is 0 Å². The molecule has 0 fully saturated rings. The first-order valence-electron chi connectivity index (χ1n) is 5.68. The van der Waals surface area contributed by atoms with Crippen molar-refractivity contribution in [1.29, 1.82) is 0 Å². The Morgan fingerprint density at radius 2 is 2.00 bits per heavy atom. The Labute approximate surface area is 107 Å². The first kappa shape index (κ1) is 16.2. The van der Waals surface area contributed by atoms with Gasteiger partial charge < -0.3 is 15.8 Å². The highest BCUT2D eigenvalue weighted by Gasteiger charge is 2.12. The minimum absolute atomic E-state index is 0.0600. The molecule has 1 unspecified atom stereocenters. The summed E-state index contributed by atoms with van der Waals surface area (Å²) >= 11 is 1.62. The highest BCUT2D eigenvalue weighted by Crippen LogP contribution is 2.06. The van der Waals surface area contributed by atoms with Gasteiger partial charge in [-0.3, -0.25) is 9.59 Å². The van der Waals surface area contributed by atoms with Gasteiger partial charge in [0.05, 0.1) is 7.11 Å². The summed E-state index contributed by atoms with van der Waals surface area (Å²) in [6, 6.07) is -0.378. The second-order valence-corrected chi connectivity index (χ2v) is 5.23. The van der Waals surface area contributed by atoms with Crippen LogP contribution >= 0.6 is 11.8 Å². The maximum atomic E-state index is 11.3. The number of hydrogen-bond acceptors (Lipinski definition) is 5. The van der Waals surface area contributed by atoms with Crippen LogP contribution in [0, 0.1) is 0 Å². The Morgan fingerprint density at radius 3 is 2.53 bits per heavy atom. The van der Waals surface area contributed by atoms with E-state index in [2.05, 4.69) is 10.1 Å². The van der Waals surface area contributed by atoms with E-state index in [9.17, 15) is 9.59 Å². The number of esters is 1. The number of thioether (sulfide) groups is 1. The molecule has 0 heterocycles. The highest BCUT2D eigenvalue weighted by molar-refractivity contribution is 7.99. The summed E-state index contributed by atoms with van der Waals surface area (Å²) in [7, 11) is 1.32. The molecule has 3 N–H and O–H groups in total. The Bertz CT molecular complexity index is 247. The van der Waals surface area contributed by atoms with Crippen LogP contribution in [0.3, 0.4) is 0 Å². The summed E-state index contributed by atoms with van der Waals surface area (Å²) in [5.41, 5.74) is 5.57. The van der Waals surface area contributed by atoms with Crippen LogP contribution in [0.1, 0.15) is 26.7 Å². The lowest BCUT2D eigenvalue weighted by Crippen LogP contribution is -2.32. The number of carbonyl (C=O) groups is 2. The van der Waals surface area contributed by atoms with E-state index < -0.39 is 6.04 Å². The highest BCUT2D eigenvalue weighted by atomic mass is 32.2. The summed E-state index contributed by atoms with van der Waals surface area (Å²) in [6.07, 6.45) is 1.07. The van der Waals surface area contributed by atoms with E-state index in [4.69, 9.17) is 5.73 Å². The van der Waals surface area contributed by atoms with Gasteiger partial charge in [-0.15, -0.1) is 0 Å². The molecule has 1 atom stereocenters. The lowest BCUT2D eigenvalue weighted by Gasteiger charge is -2.09. The molecule has 0 aromatic heterocycles. The molecule has 0 aliphatic rings. The Hall–Kier alpha value is -0.750. The molecule has 0 bridgehead atoms. The lowest BCUT2D eigenvalue weighted by molar-refractivity contribution is -0.142. The molecular formula is C11H22N2O3S. The Balaban J connectivity index is 3.46. The number of hydrogen-bond donors (Lipinski definition) is 2. The smallest absolute Gasteiger partial charge is 0.322 e. The molecule has 0 aromatic rings. The van der Waals surface area contributed by atoms with Crippen molar-refractivity contribution < 1.29 is 14.3 Å². The molecule has 0 saturated heterocycles. The van der Waals surface area contributed by atoms with Crippen LogP contribution in [-0.4, -0.2) is 42.6 Å². The molecule has 0 aromatic carbocycles. The molecule has 0 saturated carbocycles. The quantitative estimate of drug-likeness (QED) is 0.492. The zero-order valence-corrected chi connectivity index (χ0v) is 11.5. The standard InChI is InChI=1S/C11H22N2O3S/c1-8(2)13-10(14)5-7-17-6-4-9(12)11(15)16-3/h8-9H,4-7,12H2,1-3H3,(H,13,14). The normalized spacial score (nSPS) is 12.3. The summed E-state index contributed by atoms with van der Waals surface area (Å²) in [6.45, 7) is 3.86. The van der Waals surface area contributed by atoms with Crippen molar-refractivity contribution in [2.45, 2.75) is 38.8 Å². The summed E-state index contributed by atoms with van der Waals surface area (Å²) in [4.78, 5) is 22.3. The van der Waals surface area contributed by atoms with E-state index in [1.807, 2.05) is 13.8 Å². The Morgan fingerprint density at radius 1 is 1.35 bits per heavy atom. The fraction of sp³-hybridized carbons (Fsp3) is 0.818. The molecule has 100 valence electrons. The van der Waals surface area contributed by atoms with E-state index in [1.54, 1.807) is 11.8 Å². The van der Waals surface area contributed by atoms with Crippen LogP contribution < -0.4 is 11.1 Å². The minimum Gasteiger partial charge on any atom is -0.468 e. The molecule has 6 heteroatoms. The van der Waals surface area contributed by atoms with Crippen molar-refractivity contribution >= 4 is 23.6 Å². The van der Waals surface area contributed by atoms with Crippen molar-refractivity contribution in [2.24, 2.45) is 5.73 Å². The van der Waals surface area contributed by atoms with Gasteiger partial charge in [-0.1, -0.05) is 0 Å². The van der Waals surface area contributed by atoms with E-state index in [1.165, 1.54) is 7.11 Å². The summed E-state index contributed by atoms with van der Waals surface area (Å²) < 4.78 is 4.51. The number of methoxy groups -OCH3 is 1. The third-order valence-corrected chi connectivity index (χ3v) is 3.02. The minimum atomic E-state index is -0.558. The maximum Gasteiger partial charge on any atom is 0.322 e. The first-order valence-corrected chi connectivity index (χ1v) is 6.83. The fourth-order valence-corrected chi connectivity index (χ4v) is 2.10. The van der Waals surface area contributed by atoms with Crippen molar-refractivity contribution in [3.63, 3.8) is 0 Å². The van der Waals surface area contributed by atoms with Crippen LogP contribution in [0.25, 0.3) is 0 Å². The summed E-state index contributed by atoms with van der Waals surface area (Å²) in [5, 5.41) is 2.82. The zero-order valence-electron chi connectivity index (χ0n) is 10.7. The molecule has 1 amide bonds. The lowest BCUT2D eigenvalue weighted by atomic mass is 10.2. The fourth-order valence-electron chi connectivity index (χ4n) is 1.14. The predicted molar refractivity (Wildman–Crippen MR) is 69.8 cm³/mol. The number of amides is 1. The van der Waals surface area contributed by atoms with Gasteiger partial charge in [0.2, 0.25) is 5.91 Å². The molecule has 0 radical (unpaired) electrons. The topological polar surface area (TPSA) is 81.4 Å². The molecule has 5 nitrogen and oxygen atoms in total. The molecule has 17 heavy (non-hydrogen) atoms. The van der Waals surface area contributed by atoms with E-state index in [0.717, 1.165) is 11.5 Å². The third kappa shape index (κ3) is 9.00. The largest absolute Gasteiger partial charge is 0.468 e. The maximum absolute atomic E-state index is 11.3. The number of carbonyl (C=O) groups excluding carboxylic acids is 2. The van der Waals surface area contributed by atoms with Gasteiger partial charge in [-0.2, -0.15) is 11.8 Å². The number of ether oxygens (including phenoxy) is 1. The molecule has 0 spiro atoms. The molecule has 0 aliphatic heterocycles. The van der Waals surface area contributed by atoms with Crippen molar-refractivity contribution in [3.05, 3.63) is 0 Å². The number of nitrogens with one attached hydrogen (secondary N) is 1. The van der Waals surface area contributed by atoms with Crippen LogP contribution in [0.5, 0.6) is 0 Å². The van der Waals surface area contributed by atoms with E-state index in [0.29, 0.717) is 12.8 Å². The second-order valence-electron chi connectivity index (χ2n) is 4.00. The number of nitrogens with two attached hydrogens (primary N) is 1. The first-order chi connectivity index (χ1) is 7.97. The Kier molecular flexibility index (Phi) is 8.89. The van der Waals surface area contributed by atoms with Crippen LogP contribution in [-0.2, 0) is 14.3 Å². The van der Waals surface area contributed by atoms with Crippen LogP contribution in [0.15, 0.2) is 0 Å². The van der Waals surface area contributed by atoms with Gasteiger partial charge in [0.15, 0.2) is 0 Å². The van der Waals surface area contributed by atoms with Gasteiger partial charge >= 0.3 is 5.97 Å². The van der Waals surface area contributed by atoms with Crippen LogP contribution in [0.4, 0.5) is 0 Å². The SMILES string of the molecule is COC(=O)C(N)CCSCCC(=O)NC(C)C. The summed E-state index contributed by atoms with van der Waals surface area (Å²) in [5.74, 6) is 1.17. The number of rotatable bonds is 8. The predicted octanol–water partition coefficient (Wildman–Crippen LogP) is 0.525. The van der Waals surface area contributed by atoms with E-state index in [-0.39, 0.29) is 17.9 Å². The second kappa shape index (κ2) is 9.30. The zero-order chi connectivity index (χ0) is 13.3. The van der Waals surface area contributed by atoms with Gasteiger partial charge in [-0.25, -0.2) is 0 Å². The average molecular weight is 262 g/mol. The van der Waals surface area contributed by atoms with Gasteiger partial charge in [0, 0.05) is 18.2 Å². The van der Waals surface area contributed by atoms with Crippen molar-refractivity contribution in [2.75, 3.05) is 18.6 Å².